The van der Waals surface area contributed by atoms with E-state index in [-0.39, 0.29) is 0 Å². The highest BCUT2D eigenvalue weighted by Crippen LogP contribution is 2.20. The van der Waals surface area contributed by atoms with Crippen LogP contribution >= 0.6 is 0 Å². The molecule has 0 aliphatic heterocycles. The molecular formula is C14H23N. The van der Waals surface area contributed by atoms with Gasteiger partial charge in [-0.25, -0.2) is 0 Å². The van der Waals surface area contributed by atoms with E-state index in [0.717, 1.165) is 13.0 Å². The molecule has 0 saturated carbocycles. The molecule has 1 aromatic rings. The fraction of sp³-hybridized carbons (Fsp3) is 0.571. The van der Waals surface area contributed by atoms with Crippen LogP contribution in [0.15, 0.2) is 24.3 Å². The minimum absolute atomic E-state index is 0.378. The van der Waals surface area contributed by atoms with Gasteiger partial charge in [-0.1, -0.05) is 39.8 Å². The van der Waals surface area contributed by atoms with Crippen molar-refractivity contribution in [1.29, 1.82) is 0 Å². The molecule has 1 aromatic carbocycles. The van der Waals surface area contributed by atoms with Crippen molar-refractivity contribution in [3.63, 3.8) is 0 Å². The number of anilines is 1. The lowest BCUT2D eigenvalue weighted by Gasteiger charge is -2.23. The van der Waals surface area contributed by atoms with Gasteiger partial charge in [0.15, 0.2) is 0 Å². The van der Waals surface area contributed by atoms with Gasteiger partial charge in [0, 0.05) is 12.2 Å². The second kappa shape index (κ2) is 5.20. The van der Waals surface area contributed by atoms with Gasteiger partial charge in [0.05, 0.1) is 0 Å². The second-order valence-corrected chi connectivity index (χ2v) is 4.92. The molecule has 0 radical (unpaired) electrons. The van der Waals surface area contributed by atoms with Gasteiger partial charge in [-0.3, -0.25) is 0 Å². The number of rotatable bonds is 5. The molecule has 84 valence electrons. The summed E-state index contributed by atoms with van der Waals surface area (Å²) in [4.78, 5) is 0. The average Bonchev–Trinajstić information content (AvgIpc) is 2.27. The summed E-state index contributed by atoms with van der Waals surface area (Å²) in [6, 6.07) is 8.73. The Bertz CT molecular complexity index is 285. The fourth-order valence-corrected chi connectivity index (χ4v) is 1.32. The first-order valence-corrected chi connectivity index (χ1v) is 5.90. The van der Waals surface area contributed by atoms with Gasteiger partial charge >= 0.3 is 0 Å². The van der Waals surface area contributed by atoms with E-state index in [1.165, 1.54) is 17.7 Å². The van der Waals surface area contributed by atoms with Crippen LogP contribution in [-0.2, 0) is 6.42 Å². The van der Waals surface area contributed by atoms with E-state index < -0.39 is 0 Å². The quantitative estimate of drug-likeness (QED) is 0.763. The van der Waals surface area contributed by atoms with Crippen LogP contribution in [0.2, 0.25) is 0 Å². The maximum atomic E-state index is 3.49. The highest BCUT2D eigenvalue weighted by molar-refractivity contribution is 5.44. The third kappa shape index (κ3) is 3.94. The Labute approximate surface area is 93.9 Å². The largest absolute Gasteiger partial charge is 0.385 e. The number of hydrogen-bond donors (Lipinski definition) is 1. The van der Waals surface area contributed by atoms with E-state index >= 15 is 0 Å². The molecule has 0 fully saturated rings. The molecule has 1 heteroatoms. The first kappa shape index (κ1) is 12.1. The molecule has 0 heterocycles. The minimum atomic E-state index is 0.378. The van der Waals surface area contributed by atoms with Gasteiger partial charge in [0.2, 0.25) is 0 Å². The third-order valence-electron chi connectivity index (χ3n) is 3.09. The molecule has 1 rings (SSSR count). The summed E-state index contributed by atoms with van der Waals surface area (Å²) in [5, 5.41) is 3.49. The molecule has 1 N–H and O–H groups in total. The van der Waals surface area contributed by atoms with Crippen molar-refractivity contribution >= 4 is 5.69 Å². The van der Waals surface area contributed by atoms with Crippen molar-refractivity contribution in [3.05, 3.63) is 29.8 Å². The van der Waals surface area contributed by atoms with Crippen LogP contribution in [0.3, 0.4) is 0 Å². The molecule has 0 aliphatic rings. The summed E-state index contributed by atoms with van der Waals surface area (Å²) in [5.74, 6) is 0. The van der Waals surface area contributed by atoms with Gasteiger partial charge in [0.1, 0.15) is 0 Å². The summed E-state index contributed by atoms with van der Waals surface area (Å²) in [5.41, 5.74) is 3.01. The van der Waals surface area contributed by atoms with Crippen molar-refractivity contribution in [3.8, 4) is 0 Å². The van der Waals surface area contributed by atoms with Gasteiger partial charge < -0.3 is 5.32 Å². The van der Waals surface area contributed by atoms with E-state index in [4.69, 9.17) is 0 Å². The highest BCUT2D eigenvalue weighted by Gasteiger charge is 2.13. The first-order chi connectivity index (χ1) is 7.07. The fourth-order valence-electron chi connectivity index (χ4n) is 1.32. The monoisotopic (exact) mass is 205 g/mol. The molecule has 0 bridgehead atoms. The zero-order chi connectivity index (χ0) is 11.3. The van der Waals surface area contributed by atoms with Gasteiger partial charge in [-0.15, -0.1) is 0 Å². The molecule has 0 saturated heterocycles. The first-order valence-electron chi connectivity index (χ1n) is 5.90. The summed E-state index contributed by atoms with van der Waals surface area (Å²) < 4.78 is 0. The lowest BCUT2D eigenvalue weighted by atomic mass is 9.90. The normalized spacial score (nSPS) is 11.5. The Morgan fingerprint density at radius 1 is 1.07 bits per heavy atom. The smallest absolute Gasteiger partial charge is 0.0340 e. The standard InChI is InChI=1S/C14H23N/c1-5-12-7-9-13(10-8-12)15-11-14(3,4)6-2/h7-10,15H,5-6,11H2,1-4H3. The molecule has 0 aliphatic carbocycles. The van der Waals surface area contributed by atoms with Crippen LogP contribution in [0.5, 0.6) is 0 Å². The zero-order valence-corrected chi connectivity index (χ0v) is 10.4. The van der Waals surface area contributed by atoms with Crippen LogP contribution in [0.1, 0.15) is 39.7 Å². The number of benzene rings is 1. The van der Waals surface area contributed by atoms with Crippen molar-refractivity contribution in [2.75, 3.05) is 11.9 Å². The summed E-state index contributed by atoms with van der Waals surface area (Å²) >= 11 is 0. The topological polar surface area (TPSA) is 12.0 Å². The molecule has 15 heavy (non-hydrogen) atoms. The van der Waals surface area contributed by atoms with Crippen LogP contribution in [-0.4, -0.2) is 6.54 Å². The lowest BCUT2D eigenvalue weighted by molar-refractivity contribution is 0.377. The van der Waals surface area contributed by atoms with Crippen molar-refractivity contribution in [2.45, 2.75) is 40.5 Å². The number of hydrogen-bond acceptors (Lipinski definition) is 1. The van der Waals surface area contributed by atoms with Crippen LogP contribution < -0.4 is 5.32 Å². The van der Waals surface area contributed by atoms with E-state index in [2.05, 4.69) is 57.3 Å². The molecule has 1 nitrogen and oxygen atoms in total. The number of aryl methyl sites for hydroxylation is 1. The van der Waals surface area contributed by atoms with Crippen LogP contribution in [0.25, 0.3) is 0 Å². The molecule has 0 atom stereocenters. The molecule has 0 amide bonds. The Hall–Kier alpha value is -0.980. The zero-order valence-electron chi connectivity index (χ0n) is 10.4. The molecule has 0 aromatic heterocycles. The average molecular weight is 205 g/mol. The van der Waals surface area contributed by atoms with E-state index in [1.54, 1.807) is 0 Å². The van der Waals surface area contributed by atoms with Gasteiger partial charge in [0.25, 0.3) is 0 Å². The Kier molecular flexibility index (Phi) is 4.19. The van der Waals surface area contributed by atoms with Gasteiger partial charge in [-0.05, 0) is 36.0 Å². The van der Waals surface area contributed by atoms with Crippen molar-refractivity contribution in [2.24, 2.45) is 5.41 Å². The third-order valence-corrected chi connectivity index (χ3v) is 3.09. The van der Waals surface area contributed by atoms with Crippen LogP contribution in [0.4, 0.5) is 5.69 Å². The lowest BCUT2D eigenvalue weighted by Crippen LogP contribution is -2.21. The predicted octanol–water partition coefficient (Wildman–Crippen LogP) is 4.10. The number of nitrogens with one attached hydrogen (secondary N) is 1. The summed E-state index contributed by atoms with van der Waals surface area (Å²) in [6.45, 7) is 10.0. The predicted molar refractivity (Wildman–Crippen MR) is 68.4 cm³/mol. The summed E-state index contributed by atoms with van der Waals surface area (Å²) in [7, 11) is 0. The van der Waals surface area contributed by atoms with Crippen molar-refractivity contribution < 1.29 is 0 Å². The Morgan fingerprint density at radius 2 is 1.67 bits per heavy atom. The van der Waals surface area contributed by atoms with E-state index in [1.807, 2.05) is 0 Å². The second-order valence-electron chi connectivity index (χ2n) is 4.92. The summed E-state index contributed by atoms with van der Waals surface area (Å²) in [6.07, 6.45) is 2.31. The maximum absolute atomic E-state index is 3.49. The van der Waals surface area contributed by atoms with E-state index in [0.29, 0.717) is 5.41 Å². The Balaban J connectivity index is 2.51. The molecule has 0 spiro atoms. The highest BCUT2D eigenvalue weighted by atomic mass is 14.9. The van der Waals surface area contributed by atoms with E-state index in [9.17, 15) is 0 Å². The van der Waals surface area contributed by atoms with Gasteiger partial charge in [-0.2, -0.15) is 0 Å². The SMILES string of the molecule is CCc1ccc(NCC(C)(C)CC)cc1. The molecular weight excluding hydrogens is 182 g/mol. The maximum Gasteiger partial charge on any atom is 0.0340 e. The van der Waals surface area contributed by atoms with Crippen molar-refractivity contribution in [1.82, 2.24) is 0 Å². The van der Waals surface area contributed by atoms with Crippen LogP contribution in [0, 0.1) is 5.41 Å². The minimum Gasteiger partial charge on any atom is -0.385 e. The molecule has 0 unspecified atom stereocenters. The Morgan fingerprint density at radius 3 is 2.13 bits per heavy atom.